The standard InChI is InChI=1S/C11H13N3S/c1-8-5-12-4-3-11(8)14-7-10-6-13-9(2)15-10/h3-6H,7H2,1-2H3,(H,12,14). The number of aromatic nitrogens is 2. The van der Waals surface area contributed by atoms with Crippen molar-refractivity contribution in [2.45, 2.75) is 20.4 Å². The molecule has 2 aromatic rings. The lowest BCUT2D eigenvalue weighted by Gasteiger charge is -2.06. The van der Waals surface area contributed by atoms with E-state index < -0.39 is 0 Å². The zero-order valence-corrected chi connectivity index (χ0v) is 9.64. The summed E-state index contributed by atoms with van der Waals surface area (Å²) < 4.78 is 0. The number of pyridine rings is 1. The van der Waals surface area contributed by atoms with Crippen LogP contribution in [0.5, 0.6) is 0 Å². The molecule has 0 bridgehead atoms. The number of rotatable bonds is 3. The smallest absolute Gasteiger partial charge is 0.0897 e. The molecule has 1 N–H and O–H groups in total. The molecular weight excluding hydrogens is 206 g/mol. The summed E-state index contributed by atoms with van der Waals surface area (Å²) >= 11 is 1.72. The minimum absolute atomic E-state index is 0.830. The van der Waals surface area contributed by atoms with Gasteiger partial charge in [0.1, 0.15) is 0 Å². The van der Waals surface area contributed by atoms with E-state index in [1.807, 2.05) is 32.3 Å². The van der Waals surface area contributed by atoms with Crippen molar-refractivity contribution < 1.29 is 0 Å². The first kappa shape index (κ1) is 10.1. The fourth-order valence-electron chi connectivity index (χ4n) is 1.34. The Morgan fingerprint density at radius 2 is 2.20 bits per heavy atom. The molecule has 0 spiro atoms. The highest BCUT2D eigenvalue weighted by Crippen LogP contribution is 2.16. The van der Waals surface area contributed by atoms with Gasteiger partial charge >= 0.3 is 0 Å². The monoisotopic (exact) mass is 219 g/mol. The van der Waals surface area contributed by atoms with Gasteiger partial charge < -0.3 is 5.32 Å². The van der Waals surface area contributed by atoms with Crippen molar-refractivity contribution in [2.75, 3.05) is 5.32 Å². The molecule has 0 fully saturated rings. The predicted octanol–water partition coefficient (Wildman–Crippen LogP) is 2.77. The lowest BCUT2D eigenvalue weighted by molar-refractivity contribution is 1.14. The summed E-state index contributed by atoms with van der Waals surface area (Å²) in [5.41, 5.74) is 2.30. The molecule has 15 heavy (non-hydrogen) atoms. The molecule has 0 saturated heterocycles. The van der Waals surface area contributed by atoms with Gasteiger partial charge in [-0.25, -0.2) is 4.98 Å². The molecule has 0 radical (unpaired) electrons. The fraction of sp³-hybridized carbons (Fsp3) is 0.273. The molecule has 2 heterocycles. The molecule has 2 aromatic heterocycles. The van der Waals surface area contributed by atoms with Crippen molar-refractivity contribution in [1.82, 2.24) is 9.97 Å². The molecule has 78 valence electrons. The Bertz CT molecular complexity index is 451. The van der Waals surface area contributed by atoms with Crippen LogP contribution in [-0.2, 0) is 6.54 Å². The maximum absolute atomic E-state index is 4.22. The van der Waals surface area contributed by atoms with Crippen molar-refractivity contribution >= 4 is 17.0 Å². The zero-order valence-electron chi connectivity index (χ0n) is 8.82. The second kappa shape index (κ2) is 4.40. The minimum atomic E-state index is 0.830. The number of nitrogens with one attached hydrogen (secondary N) is 1. The first-order valence-electron chi connectivity index (χ1n) is 4.81. The third-order valence-corrected chi connectivity index (χ3v) is 3.06. The maximum Gasteiger partial charge on any atom is 0.0897 e. The third kappa shape index (κ3) is 2.53. The molecule has 2 rings (SSSR count). The molecule has 0 unspecified atom stereocenters. The summed E-state index contributed by atoms with van der Waals surface area (Å²) in [6.45, 7) is 4.90. The highest BCUT2D eigenvalue weighted by atomic mass is 32.1. The lowest BCUT2D eigenvalue weighted by Crippen LogP contribution is -1.99. The van der Waals surface area contributed by atoms with E-state index in [4.69, 9.17) is 0 Å². The fourth-order valence-corrected chi connectivity index (χ4v) is 2.08. The second-order valence-electron chi connectivity index (χ2n) is 3.39. The van der Waals surface area contributed by atoms with Crippen LogP contribution in [0.1, 0.15) is 15.4 Å². The Balaban J connectivity index is 2.02. The van der Waals surface area contributed by atoms with E-state index in [-0.39, 0.29) is 0 Å². The van der Waals surface area contributed by atoms with Gasteiger partial charge in [0, 0.05) is 29.2 Å². The molecule has 0 amide bonds. The largest absolute Gasteiger partial charge is 0.380 e. The van der Waals surface area contributed by atoms with Crippen molar-refractivity contribution in [2.24, 2.45) is 0 Å². The van der Waals surface area contributed by atoms with Crippen LogP contribution < -0.4 is 5.32 Å². The van der Waals surface area contributed by atoms with Crippen LogP contribution in [-0.4, -0.2) is 9.97 Å². The van der Waals surface area contributed by atoms with Crippen LogP contribution in [0.25, 0.3) is 0 Å². The summed E-state index contributed by atoms with van der Waals surface area (Å²) in [6.07, 6.45) is 5.58. The van der Waals surface area contributed by atoms with Gasteiger partial charge in [-0.15, -0.1) is 11.3 Å². The van der Waals surface area contributed by atoms with Crippen molar-refractivity contribution in [3.63, 3.8) is 0 Å². The van der Waals surface area contributed by atoms with E-state index in [2.05, 4.69) is 15.3 Å². The van der Waals surface area contributed by atoms with Crippen LogP contribution in [0.2, 0.25) is 0 Å². The van der Waals surface area contributed by atoms with Gasteiger partial charge in [0.2, 0.25) is 0 Å². The van der Waals surface area contributed by atoms with E-state index in [1.54, 1.807) is 17.5 Å². The molecule has 3 nitrogen and oxygen atoms in total. The van der Waals surface area contributed by atoms with Gasteiger partial charge in [0.25, 0.3) is 0 Å². The van der Waals surface area contributed by atoms with Crippen LogP contribution in [0, 0.1) is 13.8 Å². The molecule has 4 heteroatoms. The summed E-state index contributed by atoms with van der Waals surface area (Å²) in [6, 6.07) is 1.99. The second-order valence-corrected chi connectivity index (χ2v) is 4.71. The molecule has 0 aliphatic heterocycles. The highest BCUT2D eigenvalue weighted by molar-refractivity contribution is 7.11. The van der Waals surface area contributed by atoms with E-state index in [0.717, 1.165) is 17.2 Å². The van der Waals surface area contributed by atoms with Crippen LogP contribution >= 0.6 is 11.3 Å². The van der Waals surface area contributed by atoms with Crippen LogP contribution in [0.4, 0.5) is 5.69 Å². The Hall–Kier alpha value is -1.42. The van der Waals surface area contributed by atoms with Gasteiger partial charge in [-0.3, -0.25) is 4.98 Å². The number of nitrogens with zero attached hydrogens (tertiary/aromatic N) is 2. The number of anilines is 1. The van der Waals surface area contributed by atoms with Crippen molar-refractivity contribution in [3.8, 4) is 0 Å². The Morgan fingerprint density at radius 3 is 2.87 bits per heavy atom. The number of thiazole rings is 1. The molecule has 0 aliphatic carbocycles. The average molecular weight is 219 g/mol. The van der Waals surface area contributed by atoms with E-state index in [0.29, 0.717) is 0 Å². The first-order valence-corrected chi connectivity index (χ1v) is 5.63. The van der Waals surface area contributed by atoms with E-state index in [9.17, 15) is 0 Å². The van der Waals surface area contributed by atoms with Crippen molar-refractivity contribution in [3.05, 3.63) is 40.1 Å². The number of aryl methyl sites for hydroxylation is 2. The van der Waals surface area contributed by atoms with Gasteiger partial charge in [-0.2, -0.15) is 0 Å². The van der Waals surface area contributed by atoms with Gasteiger partial charge in [0.15, 0.2) is 0 Å². The normalized spacial score (nSPS) is 10.3. The molecule has 0 saturated carbocycles. The number of hydrogen-bond acceptors (Lipinski definition) is 4. The average Bonchev–Trinajstić information content (AvgIpc) is 2.63. The Morgan fingerprint density at radius 1 is 1.33 bits per heavy atom. The van der Waals surface area contributed by atoms with Crippen LogP contribution in [0.3, 0.4) is 0 Å². The van der Waals surface area contributed by atoms with Gasteiger partial charge in [-0.05, 0) is 25.5 Å². The van der Waals surface area contributed by atoms with E-state index in [1.165, 1.54) is 10.4 Å². The lowest BCUT2D eigenvalue weighted by atomic mass is 10.2. The Kier molecular flexibility index (Phi) is 2.97. The summed E-state index contributed by atoms with van der Waals surface area (Å²) in [4.78, 5) is 9.53. The number of hydrogen-bond donors (Lipinski definition) is 1. The summed E-state index contributed by atoms with van der Waals surface area (Å²) in [7, 11) is 0. The summed E-state index contributed by atoms with van der Waals surface area (Å²) in [5, 5.41) is 4.48. The highest BCUT2D eigenvalue weighted by Gasteiger charge is 1.99. The van der Waals surface area contributed by atoms with E-state index >= 15 is 0 Å². The SMILES string of the molecule is Cc1ncc(CNc2ccncc2C)s1. The molecule has 0 atom stereocenters. The third-order valence-electron chi connectivity index (χ3n) is 2.14. The topological polar surface area (TPSA) is 37.8 Å². The maximum atomic E-state index is 4.22. The molecule has 0 aromatic carbocycles. The van der Waals surface area contributed by atoms with Gasteiger partial charge in [0.05, 0.1) is 11.6 Å². The first-order chi connectivity index (χ1) is 7.25. The quantitative estimate of drug-likeness (QED) is 0.862. The van der Waals surface area contributed by atoms with Gasteiger partial charge in [-0.1, -0.05) is 0 Å². The van der Waals surface area contributed by atoms with Crippen molar-refractivity contribution in [1.29, 1.82) is 0 Å². The minimum Gasteiger partial charge on any atom is -0.380 e. The Labute approximate surface area is 93.2 Å². The molecular formula is C11H13N3S. The zero-order chi connectivity index (χ0) is 10.7. The summed E-state index contributed by atoms with van der Waals surface area (Å²) in [5.74, 6) is 0. The molecule has 0 aliphatic rings. The predicted molar refractivity (Wildman–Crippen MR) is 63.2 cm³/mol. The van der Waals surface area contributed by atoms with Crippen LogP contribution in [0.15, 0.2) is 24.7 Å².